The molecule has 190 valence electrons. The second-order valence-corrected chi connectivity index (χ2v) is 10.8. The van der Waals surface area contributed by atoms with E-state index in [1.807, 2.05) is 56.3 Å². The van der Waals surface area contributed by atoms with Gasteiger partial charge in [0.05, 0.1) is 11.7 Å². The molecule has 7 heteroatoms. The van der Waals surface area contributed by atoms with Crippen LogP contribution in [-0.2, 0) is 16.2 Å². The highest BCUT2D eigenvalue weighted by atomic mass is 35.5. The molecule has 1 aliphatic carbocycles. The van der Waals surface area contributed by atoms with Crippen LogP contribution in [0.5, 0.6) is 11.5 Å². The van der Waals surface area contributed by atoms with Crippen molar-refractivity contribution in [2.24, 2.45) is 5.41 Å². The molecule has 1 heterocycles. The molecule has 3 aromatic rings. The lowest BCUT2D eigenvalue weighted by Gasteiger charge is -2.37. The monoisotopic (exact) mass is 516 g/mol. The lowest BCUT2D eigenvalue weighted by Crippen LogP contribution is -2.38. The van der Waals surface area contributed by atoms with Crippen LogP contribution < -0.4 is 15.0 Å². The summed E-state index contributed by atoms with van der Waals surface area (Å²) in [5.41, 5.74) is 3.44. The Morgan fingerprint density at radius 3 is 2.57 bits per heavy atom. The third-order valence-corrected chi connectivity index (χ3v) is 7.19. The van der Waals surface area contributed by atoms with Gasteiger partial charge in [-0.2, -0.15) is 0 Å². The molecule has 0 aromatic heterocycles. The Hall–Kier alpha value is -3.77. The van der Waals surface area contributed by atoms with Crippen LogP contribution in [-0.4, -0.2) is 16.8 Å². The van der Waals surface area contributed by atoms with Crippen LogP contribution in [0.1, 0.15) is 50.8 Å². The SMILES string of the molecule is CC(=O)N1c2cccc(O)c2NC2=C(C(=O)CC(C)(C)C2)C1c1ccc(OCc2ccccc2)cc1Cl. The first-order chi connectivity index (χ1) is 17.6. The number of carbonyl (C=O) groups is 2. The van der Waals surface area contributed by atoms with Gasteiger partial charge in [0.15, 0.2) is 5.78 Å². The maximum absolute atomic E-state index is 13.7. The molecular weight excluding hydrogens is 488 g/mol. The van der Waals surface area contributed by atoms with E-state index in [1.54, 1.807) is 29.2 Å². The zero-order valence-electron chi connectivity index (χ0n) is 21.0. The molecule has 2 aliphatic rings. The van der Waals surface area contributed by atoms with Crippen molar-refractivity contribution in [1.82, 2.24) is 0 Å². The normalized spacial score (nSPS) is 18.4. The minimum absolute atomic E-state index is 0.00263. The Morgan fingerprint density at radius 1 is 1.11 bits per heavy atom. The van der Waals surface area contributed by atoms with Crippen molar-refractivity contribution in [2.45, 2.75) is 46.3 Å². The van der Waals surface area contributed by atoms with Gasteiger partial charge in [-0.15, -0.1) is 0 Å². The number of ketones is 1. The van der Waals surface area contributed by atoms with E-state index in [0.29, 0.717) is 58.4 Å². The second kappa shape index (κ2) is 9.60. The molecule has 1 aliphatic heterocycles. The summed E-state index contributed by atoms with van der Waals surface area (Å²) in [6.07, 6.45) is 0.925. The number of para-hydroxylation sites is 1. The number of nitrogens with zero attached hydrogens (tertiary/aromatic N) is 1. The number of halogens is 1. The van der Waals surface area contributed by atoms with Gasteiger partial charge in [0.2, 0.25) is 5.91 Å². The zero-order chi connectivity index (χ0) is 26.3. The van der Waals surface area contributed by atoms with Gasteiger partial charge in [0.25, 0.3) is 0 Å². The molecule has 1 atom stereocenters. The molecule has 0 radical (unpaired) electrons. The third kappa shape index (κ3) is 4.81. The van der Waals surface area contributed by atoms with Gasteiger partial charge in [0, 0.05) is 29.6 Å². The Kier molecular flexibility index (Phi) is 6.46. The predicted octanol–water partition coefficient (Wildman–Crippen LogP) is 6.79. The van der Waals surface area contributed by atoms with E-state index in [9.17, 15) is 14.7 Å². The summed E-state index contributed by atoms with van der Waals surface area (Å²) in [5.74, 6) is 0.262. The van der Waals surface area contributed by atoms with Crippen LogP contribution in [0.3, 0.4) is 0 Å². The van der Waals surface area contributed by atoms with Gasteiger partial charge in [-0.05, 0) is 47.2 Å². The van der Waals surface area contributed by atoms with E-state index >= 15 is 0 Å². The quantitative estimate of drug-likeness (QED) is 0.373. The van der Waals surface area contributed by atoms with E-state index in [1.165, 1.54) is 6.92 Å². The lowest BCUT2D eigenvalue weighted by atomic mass is 9.73. The first-order valence-electron chi connectivity index (χ1n) is 12.3. The number of ether oxygens (including phenoxy) is 1. The van der Waals surface area contributed by atoms with Crippen molar-refractivity contribution < 1.29 is 19.4 Å². The van der Waals surface area contributed by atoms with Crippen LogP contribution in [0.2, 0.25) is 5.02 Å². The number of phenols is 1. The maximum atomic E-state index is 13.7. The molecule has 0 spiro atoms. The number of allylic oxidation sites excluding steroid dienone is 1. The molecule has 1 unspecified atom stereocenters. The number of anilines is 2. The summed E-state index contributed by atoms with van der Waals surface area (Å²) < 4.78 is 5.95. The first kappa shape index (κ1) is 24.9. The number of aromatic hydroxyl groups is 1. The van der Waals surface area contributed by atoms with E-state index in [2.05, 4.69) is 5.32 Å². The van der Waals surface area contributed by atoms with Crippen molar-refractivity contribution in [3.8, 4) is 11.5 Å². The van der Waals surface area contributed by atoms with Gasteiger partial charge >= 0.3 is 0 Å². The Morgan fingerprint density at radius 2 is 1.86 bits per heavy atom. The number of nitrogens with one attached hydrogen (secondary N) is 1. The van der Waals surface area contributed by atoms with Crippen molar-refractivity contribution in [1.29, 1.82) is 0 Å². The average molecular weight is 517 g/mol. The molecule has 3 aromatic carbocycles. The minimum atomic E-state index is -0.762. The fourth-order valence-electron chi connectivity index (χ4n) is 5.25. The molecule has 6 nitrogen and oxygen atoms in total. The molecule has 0 bridgehead atoms. The van der Waals surface area contributed by atoms with Gasteiger partial charge in [-0.3, -0.25) is 14.5 Å². The summed E-state index contributed by atoms with van der Waals surface area (Å²) >= 11 is 6.84. The number of amides is 1. The first-order valence-corrected chi connectivity index (χ1v) is 12.6. The molecule has 1 amide bonds. The van der Waals surface area contributed by atoms with Crippen molar-refractivity contribution in [3.63, 3.8) is 0 Å². The average Bonchev–Trinajstić information content (AvgIpc) is 2.98. The Bertz CT molecular complexity index is 1410. The smallest absolute Gasteiger partial charge is 0.224 e. The highest BCUT2D eigenvalue weighted by Gasteiger charge is 2.43. The molecular formula is C30H29ClN2O4. The zero-order valence-corrected chi connectivity index (χ0v) is 21.8. The summed E-state index contributed by atoms with van der Waals surface area (Å²) in [6, 6.07) is 19.4. The standard InChI is InChI=1S/C30H29ClN2O4/c1-18(34)33-24-10-7-11-25(35)28(24)32-23-15-30(2,3)16-26(36)27(23)29(33)21-13-12-20(14-22(21)31)37-17-19-8-5-4-6-9-19/h4-14,29,32,35H,15-17H2,1-3H3. The van der Waals surface area contributed by atoms with Crippen LogP contribution in [0.25, 0.3) is 0 Å². The predicted molar refractivity (Wildman–Crippen MR) is 145 cm³/mol. The minimum Gasteiger partial charge on any atom is -0.506 e. The lowest BCUT2D eigenvalue weighted by molar-refractivity contribution is -0.118. The maximum Gasteiger partial charge on any atom is 0.224 e. The molecule has 5 rings (SSSR count). The summed E-state index contributed by atoms with van der Waals surface area (Å²) in [6.45, 7) is 5.92. The molecule has 0 fully saturated rings. The van der Waals surface area contributed by atoms with Crippen LogP contribution in [0, 0.1) is 5.41 Å². The summed E-state index contributed by atoms with van der Waals surface area (Å²) in [4.78, 5) is 28.4. The number of hydrogen-bond donors (Lipinski definition) is 2. The number of phenolic OH excluding ortho intramolecular Hbond substituents is 1. The number of rotatable bonds is 4. The number of benzene rings is 3. The van der Waals surface area contributed by atoms with Crippen LogP contribution in [0.4, 0.5) is 11.4 Å². The topological polar surface area (TPSA) is 78.9 Å². The third-order valence-electron chi connectivity index (χ3n) is 6.86. The van der Waals surface area contributed by atoms with Gasteiger partial charge in [-0.25, -0.2) is 0 Å². The number of fused-ring (bicyclic) bond motifs is 1. The van der Waals surface area contributed by atoms with E-state index in [4.69, 9.17) is 16.3 Å². The Labute approximate surface area is 221 Å². The summed E-state index contributed by atoms with van der Waals surface area (Å²) in [5, 5.41) is 14.4. The van der Waals surface area contributed by atoms with E-state index in [0.717, 1.165) is 5.56 Å². The Balaban J connectivity index is 1.63. The molecule has 2 N–H and O–H groups in total. The number of hydrogen-bond acceptors (Lipinski definition) is 5. The van der Waals surface area contributed by atoms with Gasteiger partial charge in [0.1, 0.15) is 23.8 Å². The van der Waals surface area contributed by atoms with Crippen LogP contribution in [0.15, 0.2) is 78.0 Å². The van der Waals surface area contributed by atoms with E-state index in [-0.39, 0.29) is 22.9 Å². The van der Waals surface area contributed by atoms with Gasteiger partial charge < -0.3 is 15.2 Å². The summed E-state index contributed by atoms with van der Waals surface area (Å²) in [7, 11) is 0. The molecule has 37 heavy (non-hydrogen) atoms. The fourth-order valence-corrected chi connectivity index (χ4v) is 5.52. The number of Topliss-reactive ketones (excluding diaryl/α,β-unsaturated/α-hetero) is 1. The highest BCUT2D eigenvalue weighted by Crippen LogP contribution is 2.51. The number of carbonyl (C=O) groups excluding carboxylic acids is 2. The largest absolute Gasteiger partial charge is 0.506 e. The van der Waals surface area contributed by atoms with Gasteiger partial charge in [-0.1, -0.05) is 67.9 Å². The molecule has 0 saturated carbocycles. The van der Waals surface area contributed by atoms with Crippen LogP contribution >= 0.6 is 11.6 Å². The van der Waals surface area contributed by atoms with Crippen molar-refractivity contribution >= 4 is 34.7 Å². The van der Waals surface area contributed by atoms with Crippen molar-refractivity contribution in [3.05, 3.63) is 94.1 Å². The molecule has 0 saturated heterocycles. The second-order valence-electron chi connectivity index (χ2n) is 10.4. The van der Waals surface area contributed by atoms with Crippen molar-refractivity contribution in [2.75, 3.05) is 10.2 Å². The van der Waals surface area contributed by atoms with E-state index < -0.39 is 6.04 Å². The fraction of sp³-hybridized carbons (Fsp3) is 0.267. The highest BCUT2D eigenvalue weighted by molar-refractivity contribution is 6.31.